The minimum atomic E-state index is -1.11. The summed E-state index contributed by atoms with van der Waals surface area (Å²) in [5, 5.41) is 11.6. The van der Waals surface area contributed by atoms with E-state index in [1.165, 1.54) is 12.1 Å². The number of aromatic carboxylic acids is 1. The summed E-state index contributed by atoms with van der Waals surface area (Å²) in [5.41, 5.74) is 0.861. The third kappa shape index (κ3) is 2.89. The predicted molar refractivity (Wildman–Crippen MR) is 75.3 cm³/mol. The molecule has 1 heterocycles. The number of benzene rings is 1. The summed E-state index contributed by atoms with van der Waals surface area (Å²) in [6, 6.07) is 11.3. The van der Waals surface area contributed by atoms with E-state index in [1.807, 2.05) is 0 Å². The van der Waals surface area contributed by atoms with Crippen molar-refractivity contribution in [3.05, 3.63) is 66.5 Å². The van der Waals surface area contributed by atoms with Crippen molar-refractivity contribution < 1.29 is 14.7 Å². The van der Waals surface area contributed by atoms with Crippen molar-refractivity contribution in [3.8, 4) is 0 Å². The molecule has 0 bridgehead atoms. The number of anilines is 1. The van der Waals surface area contributed by atoms with E-state index in [4.69, 9.17) is 5.11 Å². The number of hydrogen-bond donors (Lipinski definition) is 2. The van der Waals surface area contributed by atoms with Crippen molar-refractivity contribution in [3.63, 3.8) is 0 Å². The minimum Gasteiger partial charge on any atom is -0.478 e. The van der Waals surface area contributed by atoms with Gasteiger partial charge in [0, 0.05) is 6.20 Å². The van der Waals surface area contributed by atoms with Gasteiger partial charge in [-0.2, -0.15) is 0 Å². The highest BCUT2D eigenvalue weighted by atomic mass is 16.4. The first-order valence-corrected chi connectivity index (χ1v) is 5.83. The van der Waals surface area contributed by atoms with E-state index >= 15 is 0 Å². The lowest BCUT2D eigenvalue weighted by molar-refractivity contribution is -0.111. The van der Waals surface area contributed by atoms with Crippen molar-refractivity contribution in [1.82, 2.24) is 4.98 Å². The van der Waals surface area contributed by atoms with Crippen LogP contribution in [-0.4, -0.2) is 22.0 Å². The Morgan fingerprint density at radius 1 is 1.10 bits per heavy atom. The normalized spacial score (nSPS) is 9.80. The van der Waals surface area contributed by atoms with E-state index in [0.717, 1.165) is 0 Å². The Bertz CT molecular complexity index is 666. The SMILES string of the molecule is C=C(C(=O)Nc1ccccc1C(=O)O)c1ccccn1. The quantitative estimate of drug-likeness (QED) is 0.835. The van der Waals surface area contributed by atoms with Gasteiger partial charge in [0.25, 0.3) is 5.91 Å². The van der Waals surface area contributed by atoms with Crippen molar-refractivity contribution in [2.75, 3.05) is 5.32 Å². The highest BCUT2D eigenvalue weighted by Gasteiger charge is 2.15. The molecule has 0 fully saturated rings. The van der Waals surface area contributed by atoms with Crippen LogP contribution >= 0.6 is 0 Å². The molecule has 0 radical (unpaired) electrons. The summed E-state index contributed by atoms with van der Waals surface area (Å²) in [6.45, 7) is 3.67. The van der Waals surface area contributed by atoms with Crippen molar-refractivity contribution in [2.24, 2.45) is 0 Å². The van der Waals surface area contributed by atoms with Crippen LogP contribution in [0.1, 0.15) is 16.1 Å². The molecule has 0 saturated heterocycles. The lowest BCUT2D eigenvalue weighted by Gasteiger charge is -2.09. The maximum Gasteiger partial charge on any atom is 0.337 e. The zero-order valence-corrected chi connectivity index (χ0v) is 10.5. The molecule has 0 atom stereocenters. The van der Waals surface area contributed by atoms with E-state index in [1.54, 1.807) is 36.5 Å². The molecule has 2 rings (SSSR count). The molecule has 20 heavy (non-hydrogen) atoms. The number of para-hydroxylation sites is 1. The minimum absolute atomic E-state index is 0.0228. The molecule has 5 heteroatoms. The molecule has 1 amide bonds. The first-order valence-electron chi connectivity index (χ1n) is 5.83. The fourth-order valence-corrected chi connectivity index (χ4v) is 1.63. The van der Waals surface area contributed by atoms with Gasteiger partial charge in [-0.3, -0.25) is 9.78 Å². The number of carbonyl (C=O) groups excluding carboxylic acids is 1. The molecular weight excluding hydrogens is 256 g/mol. The molecule has 0 aliphatic rings. The Morgan fingerprint density at radius 3 is 2.45 bits per heavy atom. The van der Waals surface area contributed by atoms with Crippen LogP contribution in [-0.2, 0) is 4.79 Å². The zero-order chi connectivity index (χ0) is 14.5. The molecular formula is C15H12N2O3. The number of carbonyl (C=O) groups is 2. The Hall–Kier alpha value is -2.95. The molecule has 100 valence electrons. The highest BCUT2D eigenvalue weighted by molar-refractivity contribution is 6.24. The third-order valence-corrected chi connectivity index (χ3v) is 2.65. The number of amides is 1. The monoisotopic (exact) mass is 268 g/mol. The Balaban J connectivity index is 2.21. The van der Waals surface area contributed by atoms with Crippen LogP contribution in [0.2, 0.25) is 0 Å². The summed E-state index contributed by atoms with van der Waals surface area (Å²) >= 11 is 0. The molecule has 1 aromatic carbocycles. The van der Waals surface area contributed by atoms with Gasteiger partial charge >= 0.3 is 5.97 Å². The van der Waals surface area contributed by atoms with Crippen LogP contribution in [0.15, 0.2) is 55.2 Å². The summed E-state index contributed by atoms with van der Waals surface area (Å²) in [7, 11) is 0. The molecule has 2 N–H and O–H groups in total. The van der Waals surface area contributed by atoms with Gasteiger partial charge in [0.2, 0.25) is 0 Å². The van der Waals surface area contributed by atoms with Gasteiger partial charge in [-0.25, -0.2) is 4.79 Å². The lowest BCUT2D eigenvalue weighted by atomic mass is 10.1. The first-order chi connectivity index (χ1) is 9.59. The second-order valence-corrected chi connectivity index (χ2v) is 4.00. The summed E-state index contributed by atoms with van der Waals surface area (Å²) in [5.74, 6) is -1.60. The summed E-state index contributed by atoms with van der Waals surface area (Å²) in [6.07, 6.45) is 1.55. The summed E-state index contributed by atoms with van der Waals surface area (Å²) in [4.78, 5) is 27.1. The molecule has 0 aliphatic heterocycles. The van der Waals surface area contributed by atoms with Crippen LogP contribution in [0.25, 0.3) is 5.57 Å². The average Bonchev–Trinajstić information content (AvgIpc) is 2.47. The predicted octanol–water partition coefficient (Wildman–Crippen LogP) is 2.43. The number of hydrogen-bond acceptors (Lipinski definition) is 3. The van der Waals surface area contributed by atoms with Gasteiger partial charge in [-0.05, 0) is 24.3 Å². The maximum atomic E-state index is 12.0. The Morgan fingerprint density at radius 2 is 1.80 bits per heavy atom. The standard InChI is InChI=1S/C15H12N2O3/c1-10(12-7-4-5-9-16-12)14(18)17-13-8-3-2-6-11(13)15(19)20/h2-9H,1H2,(H,17,18)(H,19,20). The topological polar surface area (TPSA) is 79.3 Å². The average molecular weight is 268 g/mol. The number of aromatic nitrogens is 1. The molecule has 1 aromatic heterocycles. The first kappa shape index (κ1) is 13.5. The zero-order valence-electron chi connectivity index (χ0n) is 10.5. The van der Waals surface area contributed by atoms with Gasteiger partial charge < -0.3 is 10.4 Å². The van der Waals surface area contributed by atoms with Gasteiger partial charge in [-0.1, -0.05) is 24.8 Å². The number of carboxylic acid groups (broad SMARTS) is 1. The molecule has 0 aliphatic carbocycles. The highest BCUT2D eigenvalue weighted by Crippen LogP contribution is 2.17. The second kappa shape index (κ2) is 5.79. The molecule has 2 aromatic rings. The van der Waals surface area contributed by atoms with Crippen molar-refractivity contribution >= 4 is 23.1 Å². The Kier molecular flexibility index (Phi) is 3.91. The van der Waals surface area contributed by atoms with Crippen LogP contribution in [0.4, 0.5) is 5.69 Å². The van der Waals surface area contributed by atoms with Crippen LogP contribution in [0.5, 0.6) is 0 Å². The van der Waals surface area contributed by atoms with Gasteiger partial charge in [0.1, 0.15) is 0 Å². The molecule has 0 spiro atoms. The number of rotatable bonds is 4. The van der Waals surface area contributed by atoms with Crippen LogP contribution in [0.3, 0.4) is 0 Å². The molecule has 0 saturated carbocycles. The molecule has 5 nitrogen and oxygen atoms in total. The van der Waals surface area contributed by atoms with E-state index in [0.29, 0.717) is 5.69 Å². The number of carboxylic acids is 1. The van der Waals surface area contributed by atoms with Crippen molar-refractivity contribution in [1.29, 1.82) is 0 Å². The maximum absolute atomic E-state index is 12.0. The van der Waals surface area contributed by atoms with Crippen LogP contribution in [0, 0.1) is 0 Å². The van der Waals surface area contributed by atoms with Gasteiger partial charge in [0.15, 0.2) is 0 Å². The number of nitrogens with zero attached hydrogens (tertiary/aromatic N) is 1. The molecule has 0 unspecified atom stereocenters. The largest absolute Gasteiger partial charge is 0.478 e. The van der Waals surface area contributed by atoms with E-state index in [-0.39, 0.29) is 16.8 Å². The number of pyridine rings is 1. The Labute approximate surface area is 115 Å². The fraction of sp³-hybridized carbons (Fsp3) is 0. The number of nitrogens with one attached hydrogen (secondary N) is 1. The van der Waals surface area contributed by atoms with E-state index < -0.39 is 11.9 Å². The fourth-order valence-electron chi connectivity index (χ4n) is 1.63. The second-order valence-electron chi connectivity index (χ2n) is 4.00. The van der Waals surface area contributed by atoms with Gasteiger partial charge in [-0.15, -0.1) is 0 Å². The third-order valence-electron chi connectivity index (χ3n) is 2.65. The van der Waals surface area contributed by atoms with E-state index in [2.05, 4.69) is 16.9 Å². The van der Waals surface area contributed by atoms with Gasteiger partial charge in [0.05, 0.1) is 22.5 Å². The smallest absolute Gasteiger partial charge is 0.337 e. The van der Waals surface area contributed by atoms with Crippen LogP contribution < -0.4 is 5.32 Å². The lowest BCUT2D eigenvalue weighted by Crippen LogP contribution is -2.16. The van der Waals surface area contributed by atoms with E-state index in [9.17, 15) is 9.59 Å². The summed E-state index contributed by atoms with van der Waals surface area (Å²) < 4.78 is 0. The van der Waals surface area contributed by atoms with Crippen molar-refractivity contribution in [2.45, 2.75) is 0 Å².